The van der Waals surface area contributed by atoms with Crippen molar-refractivity contribution in [3.8, 4) is 0 Å². The van der Waals surface area contributed by atoms with Crippen LogP contribution in [0.3, 0.4) is 0 Å². The second-order valence-electron chi connectivity index (χ2n) is 5.87. The van der Waals surface area contributed by atoms with Crippen molar-refractivity contribution in [3.63, 3.8) is 0 Å². The predicted octanol–water partition coefficient (Wildman–Crippen LogP) is 1.49. The number of benzene rings is 1. The van der Waals surface area contributed by atoms with Crippen LogP contribution in [0.2, 0.25) is 0 Å². The molecular formula is C16H21N3O3S. The van der Waals surface area contributed by atoms with Gasteiger partial charge in [0.1, 0.15) is 0 Å². The molecule has 0 unspecified atom stereocenters. The van der Waals surface area contributed by atoms with E-state index in [9.17, 15) is 13.5 Å². The van der Waals surface area contributed by atoms with E-state index in [2.05, 4.69) is 5.10 Å². The van der Waals surface area contributed by atoms with E-state index in [1.165, 1.54) is 11.4 Å². The van der Waals surface area contributed by atoms with Crippen molar-refractivity contribution in [2.45, 2.75) is 43.9 Å². The second kappa shape index (κ2) is 5.74. The third-order valence-electron chi connectivity index (χ3n) is 4.53. The fraction of sp³-hybridized carbons (Fsp3) is 0.438. The summed E-state index contributed by atoms with van der Waals surface area (Å²) >= 11 is 0. The quantitative estimate of drug-likeness (QED) is 0.922. The largest absolute Gasteiger partial charge is 0.387 e. The Labute approximate surface area is 136 Å². The number of aliphatic hydroxyl groups excluding tert-OH is 1. The van der Waals surface area contributed by atoms with Gasteiger partial charge < -0.3 is 5.11 Å². The van der Waals surface area contributed by atoms with Crippen LogP contribution in [0.1, 0.15) is 29.8 Å². The molecule has 2 heterocycles. The monoisotopic (exact) mass is 335 g/mol. The third-order valence-corrected chi connectivity index (χ3v) is 6.48. The lowest BCUT2D eigenvalue weighted by Crippen LogP contribution is -2.46. The van der Waals surface area contributed by atoms with Crippen LogP contribution in [0.4, 0.5) is 0 Å². The van der Waals surface area contributed by atoms with Crippen molar-refractivity contribution in [1.82, 2.24) is 14.1 Å². The molecule has 1 aromatic heterocycles. The number of fused-ring (bicyclic) bond motifs is 1. The van der Waals surface area contributed by atoms with Gasteiger partial charge in [-0.1, -0.05) is 18.2 Å². The number of aryl methyl sites for hydroxylation is 2. The molecule has 0 bridgehead atoms. The predicted molar refractivity (Wildman–Crippen MR) is 86.5 cm³/mol. The molecule has 0 saturated carbocycles. The molecule has 1 N–H and O–H groups in total. The molecular weight excluding hydrogens is 314 g/mol. The van der Waals surface area contributed by atoms with Gasteiger partial charge in [-0.25, -0.2) is 8.42 Å². The van der Waals surface area contributed by atoms with Crippen molar-refractivity contribution in [1.29, 1.82) is 0 Å². The molecule has 124 valence electrons. The first-order valence-corrected chi connectivity index (χ1v) is 9.08. The molecule has 1 aliphatic heterocycles. The highest BCUT2D eigenvalue weighted by Crippen LogP contribution is 2.37. The topological polar surface area (TPSA) is 75.4 Å². The number of nitrogens with zero attached hydrogens (tertiary/aromatic N) is 3. The van der Waals surface area contributed by atoms with Gasteiger partial charge in [0.25, 0.3) is 0 Å². The van der Waals surface area contributed by atoms with Crippen molar-refractivity contribution < 1.29 is 13.5 Å². The summed E-state index contributed by atoms with van der Waals surface area (Å²) in [4.78, 5) is 0.187. The summed E-state index contributed by atoms with van der Waals surface area (Å²) in [6, 6.07) is 6.11. The average molecular weight is 335 g/mol. The van der Waals surface area contributed by atoms with Crippen LogP contribution in [0.25, 0.3) is 0 Å². The van der Waals surface area contributed by atoms with Crippen LogP contribution in [0, 0.1) is 6.92 Å². The van der Waals surface area contributed by atoms with Crippen LogP contribution in [-0.4, -0.2) is 40.7 Å². The Bertz CT molecular complexity index is 829. The molecule has 0 amide bonds. The summed E-state index contributed by atoms with van der Waals surface area (Å²) in [5.74, 6) is 0. The average Bonchev–Trinajstić information content (AvgIpc) is 2.90. The summed E-state index contributed by atoms with van der Waals surface area (Å²) < 4.78 is 28.5. The molecule has 1 aromatic carbocycles. The summed E-state index contributed by atoms with van der Waals surface area (Å²) in [5.41, 5.74) is 2.29. The number of aromatic nitrogens is 2. The van der Waals surface area contributed by atoms with Gasteiger partial charge in [-0.2, -0.15) is 9.40 Å². The van der Waals surface area contributed by atoms with Crippen LogP contribution in [-0.2, 0) is 23.0 Å². The molecule has 2 aromatic rings. The second-order valence-corrected chi connectivity index (χ2v) is 7.84. The fourth-order valence-electron chi connectivity index (χ4n) is 3.09. The Morgan fingerprint density at radius 3 is 2.65 bits per heavy atom. The van der Waals surface area contributed by atoms with E-state index >= 15 is 0 Å². The SMILES string of the molecule is CCn1cc(C[C@H]2[C@H](O)c3ccccc3S(=O)(=O)N2C)c(C)n1. The number of aliphatic hydroxyl groups is 1. The van der Waals surface area contributed by atoms with Crippen molar-refractivity contribution >= 4 is 10.0 Å². The van der Waals surface area contributed by atoms with E-state index in [1.54, 1.807) is 24.3 Å². The van der Waals surface area contributed by atoms with Crippen LogP contribution < -0.4 is 0 Å². The minimum Gasteiger partial charge on any atom is -0.387 e. The highest BCUT2D eigenvalue weighted by Gasteiger charge is 2.41. The first-order valence-electron chi connectivity index (χ1n) is 7.64. The number of likely N-dealkylation sites (N-methyl/N-ethyl adjacent to an activating group) is 1. The van der Waals surface area contributed by atoms with E-state index in [0.29, 0.717) is 12.0 Å². The Kier molecular flexibility index (Phi) is 4.03. The molecule has 3 rings (SSSR count). The summed E-state index contributed by atoms with van der Waals surface area (Å²) in [7, 11) is -2.06. The van der Waals surface area contributed by atoms with E-state index in [0.717, 1.165) is 17.8 Å². The number of sulfonamides is 1. The van der Waals surface area contributed by atoms with Gasteiger partial charge in [-0.15, -0.1) is 0 Å². The molecule has 23 heavy (non-hydrogen) atoms. The minimum atomic E-state index is -3.59. The van der Waals surface area contributed by atoms with Gasteiger partial charge >= 0.3 is 0 Å². The molecule has 0 radical (unpaired) electrons. The molecule has 2 atom stereocenters. The van der Waals surface area contributed by atoms with Crippen molar-refractivity contribution in [3.05, 3.63) is 47.3 Å². The molecule has 1 aliphatic rings. The summed E-state index contributed by atoms with van der Waals surface area (Å²) in [6.45, 7) is 4.66. The number of hydrogen-bond acceptors (Lipinski definition) is 4. The summed E-state index contributed by atoms with van der Waals surface area (Å²) in [6.07, 6.45) is 1.49. The van der Waals surface area contributed by atoms with E-state index < -0.39 is 22.2 Å². The molecule has 0 fully saturated rings. The minimum absolute atomic E-state index is 0.187. The highest BCUT2D eigenvalue weighted by atomic mass is 32.2. The van der Waals surface area contributed by atoms with E-state index in [1.807, 2.05) is 24.7 Å². The zero-order valence-corrected chi connectivity index (χ0v) is 14.3. The molecule has 6 nitrogen and oxygen atoms in total. The first kappa shape index (κ1) is 16.2. The Balaban J connectivity index is 2.02. The van der Waals surface area contributed by atoms with Crippen LogP contribution in [0.5, 0.6) is 0 Å². The first-order chi connectivity index (χ1) is 10.9. The van der Waals surface area contributed by atoms with Crippen LogP contribution in [0.15, 0.2) is 35.4 Å². The van der Waals surface area contributed by atoms with Gasteiger partial charge in [-0.3, -0.25) is 4.68 Å². The normalized spacial score (nSPS) is 23.7. The molecule has 7 heteroatoms. The van der Waals surface area contributed by atoms with Crippen molar-refractivity contribution in [2.24, 2.45) is 0 Å². The zero-order chi connectivity index (χ0) is 16.8. The zero-order valence-electron chi connectivity index (χ0n) is 13.5. The Morgan fingerprint density at radius 1 is 1.30 bits per heavy atom. The lowest BCUT2D eigenvalue weighted by atomic mass is 9.96. The van der Waals surface area contributed by atoms with Gasteiger partial charge in [-0.05, 0) is 31.9 Å². The van der Waals surface area contributed by atoms with E-state index in [4.69, 9.17) is 0 Å². The van der Waals surface area contributed by atoms with Gasteiger partial charge in [0, 0.05) is 25.4 Å². The lowest BCUT2D eigenvalue weighted by Gasteiger charge is -2.37. The Hall–Kier alpha value is -1.70. The number of rotatable bonds is 3. The smallest absolute Gasteiger partial charge is 0.243 e. The van der Waals surface area contributed by atoms with Crippen LogP contribution >= 0.6 is 0 Å². The van der Waals surface area contributed by atoms with Gasteiger partial charge in [0.05, 0.1) is 22.7 Å². The maximum absolute atomic E-state index is 12.7. The summed E-state index contributed by atoms with van der Waals surface area (Å²) in [5, 5.41) is 15.1. The maximum Gasteiger partial charge on any atom is 0.243 e. The maximum atomic E-state index is 12.7. The highest BCUT2D eigenvalue weighted by molar-refractivity contribution is 7.89. The standard InChI is InChI=1S/C16H21N3O3S/c1-4-19-10-12(11(2)17-19)9-14-16(20)13-7-5-6-8-15(13)23(21,22)18(14)3/h5-8,10,14,16,20H,4,9H2,1-3H3/t14-,16+/m0/s1. The third kappa shape index (κ3) is 2.58. The van der Waals surface area contributed by atoms with Crippen molar-refractivity contribution in [2.75, 3.05) is 7.05 Å². The molecule has 0 saturated heterocycles. The van der Waals surface area contributed by atoms with Gasteiger partial charge in [0.2, 0.25) is 10.0 Å². The number of hydrogen-bond donors (Lipinski definition) is 1. The van der Waals surface area contributed by atoms with E-state index in [-0.39, 0.29) is 4.90 Å². The molecule has 0 spiro atoms. The molecule has 0 aliphatic carbocycles. The lowest BCUT2D eigenvalue weighted by molar-refractivity contribution is 0.0891. The fourth-order valence-corrected chi connectivity index (χ4v) is 4.68. The Morgan fingerprint density at radius 2 is 2.00 bits per heavy atom. The van der Waals surface area contributed by atoms with Gasteiger partial charge in [0.15, 0.2) is 0 Å².